The van der Waals surface area contributed by atoms with Gasteiger partial charge in [-0.1, -0.05) is 12.1 Å². The van der Waals surface area contributed by atoms with E-state index < -0.39 is 22.7 Å². The second-order valence-corrected chi connectivity index (χ2v) is 7.45. The van der Waals surface area contributed by atoms with E-state index in [4.69, 9.17) is 4.74 Å². The van der Waals surface area contributed by atoms with Crippen LogP contribution in [0.15, 0.2) is 42.5 Å². The molecule has 0 bridgehead atoms. The minimum absolute atomic E-state index is 0.0508. The van der Waals surface area contributed by atoms with E-state index in [0.29, 0.717) is 16.8 Å². The predicted molar refractivity (Wildman–Crippen MR) is 111 cm³/mol. The SMILES string of the molecule is O=C(OCCN1C(=O)c2ccccc2C1=O)c1ccc(N2CCCCC2)c([N+](=O)[O-])c1. The summed E-state index contributed by atoms with van der Waals surface area (Å²) in [5.74, 6) is -1.61. The van der Waals surface area contributed by atoms with E-state index in [1.54, 1.807) is 30.3 Å². The number of rotatable bonds is 6. The third-order valence-electron chi connectivity index (χ3n) is 5.53. The number of ether oxygens (including phenoxy) is 1. The lowest BCUT2D eigenvalue weighted by atomic mass is 10.1. The van der Waals surface area contributed by atoms with E-state index in [1.807, 2.05) is 4.90 Å². The van der Waals surface area contributed by atoms with Crippen LogP contribution in [-0.4, -0.2) is 53.8 Å². The fourth-order valence-electron chi connectivity index (χ4n) is 3.95. The molecule has 0 atom stereocenters. The van der Waals surface area contributed by atoms with E-state index in [0.717, 1.165) is 37.3 Å². The maximum atomic E-state index is 12.4. The first-order valence-electron chi connectivity index (χ1n) is 10.1. The van der Waals surface area contributed by atoms with Gasteiger partial charge in [-0.25, -0.2) is 4.79 Å². The molecule has 0 radical (unpaired) electrons. The van der Waals surface area contributed by atoms with Crippen LogP contribution in [0.25, 0.3) is 0 Å². The summed E-state index contributed by atoms with van der Waals surface area (Å²) in [4.78, 5) is 51.1. The molecule has 0 aromatic heterocycles. The van der Waals surface area contributed by atoms with E-state index in [2.05, 4.69) is 0 Å². The Bertz CT molecular complexity index is 1030. The third kappa shape index (κ3) is 3.98. The maximum Gasteiger partial charge on any atom is 0.338 e. The Labute approximate surface area is 178 Å². The van der Waals surface area contributed by atoms with Crippen molar-refractivity contribution in [2.75, 3.05) is 31.1 Å². The summed E-state index contributed by atoms with van der Waals surface area (Å²) in [7, 11) is 0. The van der Waals surface area contributed by atoms with E-state index >= 15 is 0 Å². The molecular weight excluding hydrogens is 402 g/mol. The van der Waals surface area contributed by atoms with Crippen LogP contribution < -0.4 is 4.90 Å². The lowest BCUT2D eigenvalue weighted by Crippen LogP contribution is -2.33. The van der Waals surface area contributed by atoms with Crippen molar-refractivity contribution < 1.29 is 24.0 Å². The maximum absolute atomic E-state index is 12.4. The van der Waals surface area contributed by atoms with Crippen LogP contribution in [0.1, 0.15) is 50.3 Å². The smallest absolute Gasteiger partial charge is 0.338 e. The highest BCUT2D eigenvalue weighted by atomic mass is 16.6. The van der Waals surface area contributed by atoms with Crippen LogP contribution in [0.4, 0.5) is 11.4 Å². The fourth-order valence-corrected chi connectivity index (χ4v) is 3.95. The molecule has 2 amide bonds. The van der Waals surface area contributed by atoms with Gasteiger partial charge in [0.2, 0.25) is 0 Å². The highest BCUT2D eigenvalue weighted by Gasteiger charge is 2.35. The zero-order valence-electron chi connectivity index (χ0n) is 16.8. The number of nitro groups is 1. The van der Waals surface area contributed by atoms with Crippen LogP contribution in [0, 0.1) is 10.1 Å². The lowest BCUT2D eigenvalue weighted by molar-refractivity contribution is -0.384. The molecule has 2 aliphatic rings. The summed E-state index contributed by atoms with van der Waals surface area (Å²) in [5.41, 5.74) is 1.05. The molecule has 160 valence electrons. The van der Waals surface area contributed by atoms with Gasteiger partial charge in [-0.05, 0) is 43.5 Å². The Hall–Kier alpha value is -3.75. The molecule has 4 rings (SSSR count). The Balaban J connectivity index is 1.41. The van der Waals surface area contributed by atoms with Crippen molar-refractivity contribution in [3.63, 3.8) is 0 Å². The van der Waals surface area contributed by atoms with Gasteiger partial charge < -0.3 is 9.64 Å². The molecular formula is C22H21N3O6. The summed E-state index contributed by atoms with van der Waals surface area (Å²) in [6, 6.07) is 10.8. The Morgan fingerprint density at radius 3 is 2.26 bits per heavy atom. The molecule has 0 spiro atoms. The van der Waals surface area contributed by atoms with Crippen LogP contribution in [0.3, 0.4) is 0 Å². The number of anilines is 1. The highest BCUT2D eigenvalue weighted by Crippen LogP contribution is 2.31. The molecule has 2 heterocycles. The molecule has 9 heteroatoms. The molecule has 0 N–H and O–H groups in total. The topological polar surface area (TPSA) is 110 Å². The van der Waals surface area contributed by atoms with Crippen molar-refractivity contribution in [3.8, 4) is 0 Å². The number of nitrogens with zero attached hydrogens (tertiary/aromatic N) is 3. The van der Waals surface area contributed by atoms with E-state index in [1.165, 1.54) is 12.1 Å². The van der Waals surface area contributed by atoms with Gasteiger partial charge in [-0.3, -0.25) is 24.6 Å². The first-order chi connectivity index (χ1) is 15.0. The molecule has 1 fully saturated rings. The number of amides is 2. The molecule has 9 nitrogen and oxygen atoms in total. The van der Waals surface area contributed by atoms with Gasteiger partial charge in [0, 0.05) is 19.2 Å². The second-order valence-electron chi connectivity index (χ2n) is 7.45. The predicted octanol–water partition coefficient (Wildman–Crippen LogP) is 3.04. The van der Waals surface area contributed by atoms with Crippen LogP contribution in [-0.2, 0) is 4.74 Å². The van der Waals surface area contributed by atoms with Crippen molar-refractivity contribution in [2.45, 2.75) is 19.3 Å². The van der Waals surface area contributed by atoms with E-state index in [-0.39, 0.29) is 24.4 Å². The van der Waals surface area contributed by atoms with Gasteiger partial charge >= 0.3 is 5.97 Å². The quantitative estimate of drug-likeness (QED) is 0.304. The van der Waals surface area contributed by atoms with Gasteiger partial charge in [-0.15, -0.1) is 0 Å². The zero-order valence-corrected chi connectivity index (χ0v) is 16.8. The number of imide groups is 1. The number of nitro benzene ring substituents is 1. The monoisotopic (exact) mass is 423 g/mol. The van der Waals surface area contributed by atoms with Crippen LogP contribution >= 0.6 is 0 Å². The average Bonchev–Trinajstić information content (AvgIpc) is 3.04. The number of carbonyl (C=O) groups is 3. The summed E-state index contributed by atoms with van der Waals surface area (Å²) >= 11 is 0. The highest BCUT2D eigenvalue weighted by molar-refractivity contribution is 6.21. The van der Waals surface area contributed by atoms with Crippen molar-refractivity contribution in [3.05, 3.63) is 69.3 Å². The lowest BCUT2D eigenvalue weighted by Gasteiger charge is -2.28. The molecule has 2 aromatic carbocycles. The molecule has 2 aromatic rings. The normalized spacial score (nSPS) is 15.7. The number of hydrogen-bond donors (Lipinski definition) is 0. The summed E-state index contributed by atoms with van der Waals surface area (Å²) in [6.07, 6.45) is 3.04. The minimum atomic E-state index is -0.745. The molecule has 0 saturated carbocycles. The van der Waals surface area contributed by atoms with Crippen molar-refractivity contribution >= 4 is 29.2 Å². The summed E-state index contributed by atoms with van der Waals surface area (Å²) in [5, 5.41) is 11.6. The van der Waals surface area contributed by atoms with Crippen LogP contribution in [0.2, 0.25) is 0 Å². The zero-order chi connectivity index (χ0) is 22.0. The number of carbonyl (C=O) groups excluding carboxylic acids is 3. The summed E-state index contributed by atoms with van der Waals surface area (Å²) in [6.45, 7) is 1.19. The van der Waals surface area contributed by atoms with Crippen molar-refractivity contribution in [1.82, 2.24) is 4.90 Å². The molecule has 2 aliphatic heterocycles. The summed E-state index contributed by atoms with van der Waals surface area (Å²) < 4.78 is 5.18. The van der Waals surface area contributed by atoms with Crippen LogP contribution in [0.5, 0.6) is 0 Å². The molecule has 1 saturated heterocycles. The van der Waals surface area contributed by atoms with Crippen molar-refractivity contribution in [1.29, 1.82) is 0 Å². The van der Waals surface area contributed by atoms with Gasteiger partial charge in [0.1, 0.15) is 12.3 Å². The minimum Gasteiger partial charge on any atom is -0.460 e. The second kappa shape index (κ2) is 8.55. The number of fused-ring (bicyclic) bond motifs is 1. The largest absolute Gasteiger partial charge is 0.460 e. The van der Waals surface area contributed by atoms with Gasteiger partial charge in [-0.2, -0.15) is 0 Å². The molecule has 0 unspecified atom stereocenters. The van der Waals surface area contributed by atoms with Crippen molar-refractivity contribution in [2.24, 2.45) is 0 Å². The van der Waals surface area contributed by atoms with Gasteiger partial charge in [0.25, 0.3) is 17.5 Å². The van der Waals surface area contributed by atoms with E-state index in [9.17, 15) is 24.5 Å². The first kappa shape index (κ1) is 20.5. The number of hydrogen-bond acceptors (Lipinski definition) is 7. The standard InChI is InChI=1S/C22H21N3O6/c26-20-16-6-2-3-7-17(16)21(27)24(20)12-13-31-22(28)15-8-9-18(19(14-15)25(29)30)23-10-4-1-5-11-23/h2-3,6-9,14H,1,4-5,10-13H2. The first-order valence-corrected chi connectivity index (χ1v) is 10.1. The van der Waals surface area contributed by atoms with Gasteiger partial charge in [0.05, 0.1) is 28.2 Å². The number of piperidine rings is 1. The fraction of sp³-hybridized carbons (Fsp3) is 0.318. The average molecular weight is 423 g/mol. The number of esters is 1. The van der Waals surface area contributed by atoms with Gasteiger partial charge in [0.15, 0.2) is 0 Å². The Kier molecular flexibility index (Phi) is 5.66. The third-order valence-corrected chi connectivity index (χ3v) is 5.53. The molecule has 0 aliphatic carbocycles. The number of benzene rings is 2. The molecule has 31 heavy (non-hydrogen) atoms. The Morgan fingerprint density at radius 2 is 1.65 bits per heavy atom. The Morgan fingerprint density at radius 1 is 1.00 bits per heavy atom.